The maximum absolute atomic E-state index is 13.5. The van der Waals surface area contributed by atoms with Crippen LogP contribution in [0.15, 0.2) is 36.4 Å². The van der Waals surface area contributed by atoms with Crippen molar-refractivity contribution in [3.63, 3.8) is 0 Å². The Morgan fingerprint density at radius 1 is 1.18 bits per heavy atom. The van der Waals surface area contributed by atoms with Crippen molar-refractivity contribution in [1.82, 2.24) is 10.2 Å². The lowest BCUT2D eigenvalue weighted by Crippen LogP contribution is -2.56. The van der Waals surface area contributed by atoms with Gasteiger partial charge in [0.25, 0.3) is 0 Å². The molecule has 39 heavy (non-hydrogen) atoms. The van der Waals surface area contributed by atoms with E-state index in [2.05, 4.69) is 18.8 Å². The van der Waals surface area contributed by atoms with Gasteiger partial charge in [0.15, 0.2) is 11.5 Å². The number of carbonyl (C=O) groups excluding carboxylic acids is 2. The molecule has 0 spiro atoms. The number of aliphatic hydroxyl groups is 3. The summed E-state index contributed by atoms with van der Waals surface area (Å²) >= 11 is 0. The molecule has 1 aromatic rings. The molecule has 0 unspecified atom stereocenters. The highest BCUT2D eigenvalue weighted by Gasteiger charge is 2.51. The van der Waals surface area contributed by atoms with Crippen LogP contribution >= 0.6 is 0 Å². The molecular weight excluding hydrogens is 500 g/mol. The van der Waals surface area contributed by atoms with E-state index in [9.17, 15) is 24.9 Å². The zero-order valence-corrected chi connectivity index (χ0v) is 23.2. The summed E-state index contributed by atoms with van der Waals surface area (Å²) in [5.41, 5.74) is 1.59. The summed E-state index contributed by atoms with van der Waals surface area (Å²) in [6.07, 6.45) is 8.20. The van der Waals surface area contributed by atoms with E-state index in [1.807, 2.05) is 6.08 Å². The Morgan fingerprint density at radius 3 is 2.64 bits per heavy atom. The van der Waals surface area contributed by atoms with Gasteiger partial charge in [-0.25, -0.2) is 0 Å². The molecule has 2 aliphatic rings. The number of amides is 2. The molecule has 0 saturated heterocycles. The van der Waals surface area contributed by atoms with Crippen molar-refractivity contribution in [3.05, 3.63) is 47.6 Å². The number of nitrogens with one attached hydrogen (secondary N) is 1. The second-order valence-corrected chi connectivity index (χ2v) is 10.2. The number of unbranched alkanes of at least 4 members (excludes halogenated alkanes) is 5. The van der Waals surface area contributed by atoms with Gasteiger partial charge < -0.3 is 35.0 Å². The third kappa shape index (κ3) is 7.21. The van der Waals surface area contributed by atoms with Crippen molar-refractivity contribution in [2.75, 3.05) is 26.8 Å². The average Bonchev–Trinajstić information content (AvgIpc) is 3.34. The Morgan fingerprint density at radius 2 is 1.97 bits per heavy atom. The van der Waals surface area contributed by atoms with Gasteiger partial charge in [0.1, 0.15) is 12.2 Å². The highest BCUT2D eigenvalue weighted by molar-refractivity contribution is 5.96. The van der Waals surface area contributed by atoms with Gasteiger partial charge in [-0.3, -0.25) is 9.59 Å². The van der Waals surface area contributed by atoms with Crippen molar-refractivity contribution in [3.8, 4) is 11.5 Å². The number of ether oxygens (including phenoxy) is 2. The zero-order valence-electron chi connectivity index (χ0n) is 23.2. The quantitative estimate of drug-likeness (QED) is 0.186. The summed E-state index contributed by atoms with van der Waals surface area (Å²) in [4.78, 5) is 28.6. The molecule has 9 nitrogen and oxygen atoms in total. The van der Waals surface area contributed by atoms with Gasteiger partial charge in [-0.1, -0.05) is 32.3 Å². The van der Waals surface area contributed by atoms with Gasteiger partial charge in [0.2, 0.25) is 11.8 Å². The van der Waals surface area contributed by atoms with Crippen LogP contribution in [0.4, 0.5) is 0 Å². The smallest absolute Gasteiger partial charge is 0.247 e. The van der Waals surface area contributed by atoms with E-state index < -0.39 is 30.1 Å². The number of carbonyl (C=O) groups is 2. The Kier molecular flexibility index (Phi) is 11.8. The minimum absolute atomic E-state index is 0.0669. The number of rotatable bonds is 16. The van der Waals surface area contributed by atoms with E-state index in [-0.39, 0.29) is 25.7 Å². The lowest BCUT2D eigenvalue weighted by atomic mass is 9.77. The number of fused-ring (bicyclic) bond motifs is 3. The zero-order chi connectivity index (χ0) is 28.4. The highest BCUT2D eigenvalue weighted by Crippen LogP contribution is 2.51. The van der Waals surface area contributed by atoms with Crippen LogP contribution < -0.4 is 14.8 Å². The second kappa shape index (κ2) is 15.1. The molecule has 1 aliphatic carbocycles. The lowest BCUT2D eigenvalue weighted by Gasteiger charge is -2.41. The Hall–Kier alpha value is -2.88. The predicted octanol–water partition coefficient (Wildman–Crippen LogP) is 2.97. The molecule has 9 heteroatoms. The minimum Gasteiger partial charge on any atom is -0.493 e. The molecule has 0 radical (unpaired) electrons. The number of methoxy groups -OCH3 is 1. The molecule has 0 fully saturated rings. The standard InChI is InChI=1S/C30H44N2O7/c1-4-6-8-10-12-25(35)32(14-11-9-7-5-2)23-18-22(30(37)31-13-15-33)26-21-16-20(19-34)17-24(38-3)28(21)39-29(26)27(23)36/h4,16-18,23,26-27,29,33-34,36H,1,5-15,19H2,2-3H3,(H,31,37)/t23-,26+,27+,29+/m1/s1. The van der Waals surface area contributed by atoms with Gasteiger partial charge in [-0.15, -0.1) is 6.58 Å². The molecule has 4 N–H and O–H groups in total. The molecule has 1 aromatic carbocycles. The monoisotopic (exact) mass is 544 g/mol. The van der Waals surface area contributed by atoms with Crippen molar-refractivity contribution in [2.45, 2.75) is 89.1 Å². The van der Waals surface area contributed by atoms with E-state index in [1.54, 1.807) is 23.1 Å². The predicted molar refractivity (Wildman–Crippen MR) is 149 cm³/mol. The summed E-state index contributed by atoms with van der Waals surface area (Å²) in [6.45, 7) is 5.95. The summed E-state index contributed by atoms with van der Waals surface area (Å²) < 4.78 is 11.8. The molecule has 216 valence electrons. The van der Waals surface area contributed by atoms with E-state index in [4.69, 9.17) is 9.47 Å². The van der Waals surface area contributed by atoms with Crippen LogP contribution in [0.1, 0.15) is 75.3 Å². The van der Waals surface area contributed by atoms with Crippen molar-refractivity contribution in [1.29, 1.82) is 0 Å². The Balaban J connectivity index is 2.01. The van der Waals surface area contributed by atoms with Crippen LogP contribution in [-0.2, 0) is 16.2 Å². The number of benzene rings is 1. The first-order chi connectivity index (χ1) is 18.9. The molecule has 0 aromatic heterocycles. The summed E-state index contributed by atoms with van der Waals surface area (Å²) in [6, 6.07) is 2.67. The normalized spacial score (nSPS) is 21.3. The van der Waals surface area contributed by atoms with Crippen LogP contribution in [0, 0.1) is 0 Å². The minimum atomic E-state index is -1.10. The molecule has 1 heterocycles. The molecular formula is C30H44N2O7. The fraction of sp³-hybridized carbons (Fsp3) is 0.600. The number of aliphatic hydroxyl groups excluding tert-OH is 3. The molecule has 2 amide bonds. The van der Waals surface area contributed by atoms with Crippen LogP contribution in [0.5, 0.6) is 11.5 Å². The van der Waals surface area contributed by atoms with Crippen molar-refractivity contribution in [2.24, 2.45) is 0 Å². The Labute approximate surface area is 231 Å². The van der Waals surface area contributed by atoms with Gasteiger partial charge in [0.05, 0.1) is 32.3 Å². The first-order valence-corrected chi connectivity index (χ1v) is 14.1. The van der Waals surface area contributed by atoms with Crippen LogP contribution in [-0.4, -0.2) is 77.1 Å². The van der Waals surface area contributed by atoms with Gasteiger partial charge in [-0.2, -0.15) is 0 Å². The van der Waals surface area contributed by atoms with E-state index in [0.29, 0.717) is 47.6 Å². The lowest BCUT2D eigenvalue weighted by molar-refractivity contribution is -0.137. The van der Waals surface area contributed by atoms with Crippen molar-refractivity contribution < 1.29 is 34.4 Å². The second-order valence-electron chi connectivity index (χ2n) is 10.2. The topological polar surface area (TPSA) is 129 Å². The highest BCUT2D eigenvalue weighted by atomic mass is 16.5. The maximum atomic E-state index is 13.5. The molecule has 4 atom stereocenters. The number of hydrogen-bond acceptors (Lipinski definition) is 7. The number of nitrogens with zero attached hydrogens (tertiary/aromatic N) is 1. The van der Waals surface area contributed by atoms with Gasteiger partial charge >= 0.3 is 0 Å². The van der Waals surface area contributed by atoms with Gasteiger partial charge in [0, 0.05) is 30.6 Å². The number of hydrogen-bond donors (Lipinski definition) is 4. The summed E-state index contributed by atoms with van der Waals surface area (Å²) in [5, 5.41) is 33.5. The number of allylic oxidation sites excluding steroid dienone is 1. The molecule has 0 bridgehead atoms. The van der Waals surface area contributed by atoms with E-state index in [1.165, 1.54) is 7.11 Å². The first-order valence-electron chi connectivity index (χ1n) is 14.1. The fourth-order valence-electron chi connectivity index (χ4n) is 5.48. The largest absolute Gasteiger partial charge is 0.493 e. The van der Waals surface area contributed by atoms with Crippen LogP contribution in [0.2, 0.25) is 0 Å². The average molecular weight is 545 g/mol. The van der Waals surface area contributed by atoms with E-state index in [0.717, 1.165) is 38.5 Å². The van der Waals surface area contributed by atoms with Crippen LogP contribution in [0.25, 0.3) is 0 Å². The SMILES string of the molecule is C=CCCCCC(=O)N(CCCCCC)[C@@H]1C=C(C(=O)NCCO)[C@@H]2c3cc(CO)cc(OC)c3O[C@@H]2[C@H]1O. The summed E-state index contributed by atoms with van der Waals surface area (Å²) in [5.74, 6) is -0.282. The summed E-state index contributed by atoms with van der Waals surface area (Å²) in [7, 11) is 1.50. The maximum Gasteiger partial charge on any atom is 0.247 e. The third-order valence-electron chi connectivity index (χ3n) is 7.48. The molecule has 3 rings (SSSR count). The van der Waals surface area contributed by atoms with Crippen molar-refractivity contribution >= 4 is 11.8 Å². The van der Waals surface area contributed by atoms with E-state index >= 15 is 0 Å². The van der Waals surface area contributed by atoms with Crippen LogP contribution in [0.3, 0.4) is 0 Å². The van der Waals surface area contributed by atoms with Gasteiger partial charge in [-0.05, 0) is 49.5 Å². The molecule has 0 saturated carbocycles. The molecule has 1 aliphatic heterocycles. The first kappa shape index (κ1) is 30.7. The third-order valence-corrected chi connectivity index (χ3v) is 7.48. The fourth-order valence-corrected chi connectivity index (χ4v) is 5.48. The Bertz CT molecular complexity index is 1020.